The number of nitrogens with one attached hydrogen (secondary N) is 1. The van der Waals surface area contributed by atoms with Crippen LogP contribution in [-0.4, -0.2) is 43.3 Å². The second-order valence-corrected chi connectivity index (χ2v) is 5.41. The van der Waals surface area contributed by atoms with E-state index in [-0.39, 0.29) is 12.6 Å². The summed E-state index contributed by atoms with van der Waals surface area (Å²) in [7, 11) is 0. The smallest absolute Gasteiger partial charge is 0.315 e. The van der Waals surface area contributed by atoms with Gasteiger partial charge in [0.1, 0.15) is 0 Å². The maximum atomic E-state index is 12.7. The van der Waals surface area contributed by atoms with Gasteiger partial charge in [-0.3, -0.25) is 4.90 Å². The van der Waals surface area contributed by atoms with Gasteiger partial charge in [0.2, 0.25) is 0 Å². The van der Waals surface area contributed by atoms with Gasteiger partial charge in [0.05, 0.1) is 5.92 Å². The predicted molar refractivity (Wildman–Crippen MR) is 60.8 cm³/mol. The van der Waals surface area contributed by atoms with Crippen molar-refractivity contribution in [3.05, 3.63) is 0 Å². The number of nitrogens with zero attached hydrogens (tertiary/aromatic N) is 1. The van der Waals surface area contributed by atoms with Gasteiger partial charge < -0.3 is 5.32 Å². The Morgan fingerprint density at radius 3 is 2.65 bits per heavy atom. The molecule has 5 heteroatoms. The fourth-order valence-electron chi connectivity index (χ4n) is 3.04. The molecule has 2 rings (SSSR count). The van der Waals surface area contributed by atoms with Crippen molar-refractivity contribution in [2.75, 3.05) is 26.2 Å². The topological polar surface area (TPSA) is 15.3 Å². The van der Waals surface area contributed by atoms with Crippen molar-refractivity contribution in [1.29, 1.82) is 0 Å². The Balaban J connectivity index is 1.96. The first kappa shape index (κ1) is 13.1. The Labute approximate surface area is 101 Å². The van der Waals surface area contributed by atoms with Crippen LogP contribution in [0.25, 0.3) is 0 Å². The van der Waals surface area contributed by atoms with E-state index in [1.807, 2.05) is 0 Å². The van der Waals surface area contributed by atoms with Crippen molar-refractivity contribution in [2.24, 2.45) is 11.8 Å². The van der Waals surface area contributed by atoms with E-state index in [9.17, 15) is 13.2 Å². The Hall–Kier alpha value is -0.290. The molecule has 0 saturated carbocycles. The highest BCUT2D eigenvalue weighted by Crippen LogP contribution is 2.34. The van der Waals surface area contributed by atoms with E-state index in [4.69, 9.17) is 0 Å². The van der Waals surface area contributed by atoms with Gasteiger partial charge in [-0.15, -0.1) is 0 Å². The lowest BCUT2D eigenvalue weighted by Gasteiger charge is -2.43. The van der Waals surface area contributed by atoms with Crippen LogP contribution in [0.2, 0.25) is 0 Å². The molecule has 2 aliphatic heterocycles. The largest absolute Gasteiger partial charge is 0.393 e. The van der Waals surface area contributed by atoms with Crippen molar-refractivity contribution >= 4 is 0 Å². The lowest BCUT2D eigenvalue weighted by Crippen LogP contribution is -2.54. The van der Waals surface area contributed by atoms with E-state index in [0.717, 1.165) is 26.1 Å². The Kier molecular flexibility index (Phi) is 3.98. The summed E-state index contributed by atoms with van der Waals surface area (Å²) in [4.78, 5) is 2.05. The van der Waals surface area contributed by atoms with E-state index >= 15 is 0 Å². The molecular formula is C12H21F3N2. The van der Waals surface area contributed by atoms with Gasteiger partial charge in [0.15, 0.2) is 0 Å². The normalized spacial score (nSPS) is 37.1. The van der Waals surface area contributed by atoms with Gasteiger partial charge in [0, 0.05) is 19.1 Å². The van der Waals surface area contributed by atoms with E-state index in [0.29, 0.717) is 18.8 Å². The van der Waals surface area contributed by atoms with Crippen molar-refractivity contribution < 1.29 is 13.2 Å². The van der Waals surface area contributed by atoms with Gasteiger partial charge in [0.25, 0.3) is 0 Å². The Bertz CT molecular complexity index is 255. The maximum Gasteiger partial charge on any atom is 0.393 e. The lowest BCUT2D eigenvalue weighted by molar-refractivity contribution is -0.189. The van der Waals surface area contributed by atoms with Crippen molar-refractivity contribution in [2.45, 2.75) is 38.4 Å². The molecule has 3 unspecified atom stereocenters. The minimum atomic E-state index is -4.02. The van der Waals surface area contributed by atoms with E-state index < -0.39 is 12.1 Å². The third-order valence-electron chi connectivity index (χ3n) is 4.17. The van der Waals surface area contributed by atoms with Crippen LogP contribution in [0.5, 0.6) is 0 Å². The third kappa shape index (κ3) is 3.13. The fraction of sp³-hybridized carbons (Fsp3) is 1.00. The van der Waals surface area contributed by atoms with Gasteiger partial charge in [-0.1, -0.05) is 6.92 Å². The molecule has 0 bridgehead atoms. The van der Waals surface area contributed by atoms with Gasteiger partial charge in [-0.2, -0.15) is 13.2 Å². The molecule has 3 atom stereocenters. The first-order valence-corrected chi connectivity index (χ1v) is 6.50. The predicted octanol–water partition coefficient (Wildman–Crippen LogP) is 2.26. The summed E-state index contributed by atoms with van der Waals surface area (Å²) in [5.74, 6) is -0.617. The Morgan fingerprint density at radius 1 is 1.24 bits per heavy atom. The second-order valence-electron chi connectivity index (χ2n) is 5.41. The molecule has 2 heterocycles. The molecule has 2 fully saturated rings. The highest BCUT2D eigenvalue weighted by atomic mass is 19.4. The summed E-state index contributed by atoms with van der Waals surface area (Å²) in [5.41, 5.74) is 0. The molecule has 2 nitrogen and oxygen atoms in total. The van der Waals surface area contributed by atoms with Crippen LogP contribution in [0.15, 0.2) is 0 Å². The summed E-state index contributed by atoms with van der Waals surface area (Å²) in [6, 6.07) is 0.286. The molecule has 1 N–H and O–H groups in total. The van der Waals surface area contributed by atoms with Crippen LogP contribution in [0.4, 0.5) is 13.2 Å². The van der Waals surface area contributed by atoms with Crippen molar-refractivity contribution in [3.63, 3.8) is 0 Å². The van der Waals surface area contributed by atoms with E-state index in [2.05, 4.69) is 17.1 Å². The average Bonchev–Trinajstić information content (AvgIpc) is 2.29. The quantitative estimate of drug-likeness (QED) is 0.768. The summed E-state index contributed by atoms with van der Waals surface area (Å²) in [6.45, 7) is 5.01. The molecular weight excluding hydrogens is 229 g/mol. The summed E-state index contributed by atoms with van der Waals surface area (Å²) < 4.78 is 38.2. The van der Waals surface area contributed by atoms with Crippen LogP contribution < -0.4 is 5.32 Å². The molecule has 0 aliphatic carbocycles. The highest BCUT2D eigenvalue weighted by Gasteiger charge is 2.43. The van der Waals surface area contributed by atoms with Gasteiger partial charge in [-0.05, 0) is 38.3 Å². The number of hydrogen-bond acceptors (Lipinski definition) is 2. The Morgan fingerprint density at radius 2 is 2.00 bits per heavy atom. The molecule has 2 saturated heterocycles. The SMILES string of the molecule is CC1CCNCC1N1CCCC(C(F)(F)F)C1. The lowest BCUT2D eigenvalue weighted by atomic mass is 9.89. The molecule has 100 valence electrons. The minimum absolute atomic E-state index is 0.195. The molecule has 0 aromatic rings. The van der Waals surface area contributed by atoms with Crippen molar-refractivity contribution in [3.8, 4) is 0 Å². The first-order chi connectivity index (χ1) is 7.98. The third-order valence-corrected chi connectivity index (χ3v) is 4.17. The highest BCUT2D eigenvalue weighted by molar-refractivity contribution is 4.88. The average molecular weight is 250 g/mol. The monoisotopic (exact) mass is 250 g/mol. The van der Waals surface area contributed by atoms with Crippen molar-refractivity contribution in [1.82, 2.24) is 10.2 Å². The van der Waals surface area contributed by atoms with Crippen LogP contribution in [0.3, 0.4) is 0 Å². The number of hydrogen-bond donors (Lipinski definition) is 1. The molecule has 17 heavy (non-hydrogen) atoms. The summed E-state index contributed by atoms with van der Waals surface area (Å²) in [6.07, 6.45) is -1.98. The second kappa shape index (κ2) is 5.14. The molecule has 0 aromatic carbocycles. The standard InChI is InChI=1S/C12H21F3N2/c1-9-4-5-16-7-11(9)17-6-2-3-10(8-17)12(13,14)15/h9-11,16H,2-8H2,1H3. The molecule has 0 radical (unpaired) electrons. The van der Waals surface area contributed by atoms with Crippen LogP contribution in [-0.2, 0) is 0 Å². The van der Waals surface area contributed by atoms with Crippen LogP contribution in [0, 0.1) is 11.8 Å². The fourth-order valence-corrected chi connectivity index (χ4v) is 3.04. The zero-order valence-electron chi connectivity index (χ0n) is 10.3. The number of alkyl halides is 3. The number of halogens is 3. The molecule has 0 spiro atoms. The molecule has 0 amide bonds. The minimum Gasteiger partial charge on any atom is -0.315 e. The van der Waals surface area contributed by atoms with Gasteiger partial charge >= 0.3 is 6.18 Å². The maximum absolute atomic E-state index is 12.7. The van der Waals surface area contributed by atoms with Gasteiger partial charge in [-0.25, -0.2) is 0 Å². The first-order valence-electron chi connectivity index (χ1n) is 6.50. The zero-order valence-corrected chi connectivity index (χ0v) is 10.3. The van der Waals surface area contributed by atoms with Crippen LogP contribution >= 0.6 is 0 Å². The zero-order chi connectivity index (χ0) is 12.5. The molecule has 2 aliphatic rings. The number of likely N-dealkylation sites (tertiary alicyclic amines) is 1. The molecule has 0 aromatic heterocycles. The number of rotatable bonds is 1. The number of piperidine rings is 2. The van der Waals surface area contributed by atoms with Crippen LogP contribution in [0.1, 0.15) is 26.2 Å². The summed E-state index contributed by atoms with van der Waals surface area (Å²) >= 11 is 0. The van der Waals surface area contributed by atoms with E-state index in [1.165, 1.54) is 0 Å². The summed E-state index contributed by atoms with van der Waals surface area (Å²) in [5, 5.41) is 3.29. The van der Waals surface area contributed by atoms with E-state index in [1.54, 1.807) is 0 Å².